The van der Waals surface area contributed by atoms with E-state index in [1.807, 2.05) is 18.8 Å². The lowest BCUT2D eigenvalue weighted by atomic mass is 10.00. The second kappa shape index (κ2) is 4.74. The summed E-state index contributed by atoms with van der Waals surface area (Å²) in [6.07, 6.45) is 1.66. The summed E-state index contributed by atoms with van der Waals surface area (Å²) in [5, 5.41) is 0. The number of benzene rings is 1. The van der Waals surface area contributed by atoms with E-state index in [2.05, 4.69) is 28.9 Å². The Bertz CT molecular complexity index is 356. The molecule has 0 bridgehead atoms. The Labute approximate surface area is 93.7 Å². The van der Waals surface area contributed by atoms with Gasteiger partial charge in [0.25, 0.3) is 0 Å². The van der Waals surface area contributed by atoms with Gasteiger partial charge in [-0.2, -0.15) is 0 Å². The zero-order valence-electron chi connectivity index (χ0n) is 8.86. The van der Waals surface area contributed by atoms with Gasteiger partial charge in [0.2, 0.25) is 0 Å². The van der Waals surface area contributed by atoms with E-state index in [1.165, 1.54) is 11.1 Å². The number of rotatable bonds is 0. The fourth-order valence-electron chi connectivity index (χ4n) is 1.94. The number of carbonyl (C=O) groups excluding carboxylic acids is 1. The van der Waals surface area contributed by atoms with Crippen molar-refractivity contribution in [1.29, 1.82) is 0 Å². The number of halogens is 1. The normalized spacial score (nSPS) is 13.3. The Morgan fingerprint density at radius 1 is 1.07 bits per heavy atom. The molecule has 0 heterocycles. The van der Waals surface area contributed by atoms with Crippen LogP contribution in [0.2, 0.25) is 0 Å². The molecule has 1 aliphatic carbocycles. The molecular weight excluding hydrogens is 240 g/mol. The molecule has 0 unspecified atom stereocenters. The fourth-order valence-corrected chi connectivity index (χ4v) is 1.94. The van der Waals surface area contributed by atoms with E-state index in [-0.39, 0.29) is 0 Å². The molecule has 2 rings (SSSR count). The zero-order valence-corrected chi connectivity index (χ0v) is 10.4. The van der Waals surface area contributed by atoms with Gasteiger partial charge in [0.05, 0.1) is 0 Å². The molecular formula is C12H15BrO. The maximum atomic E-state index is 11.4. The molecule has 0 aromatic heterocycles. The van der Waals surface area contributed by atoms with Gasteiger partial charge >= 0.3 is 0 Å². The van der Waals surface area contributed by atoms with Gasteiger partial charge in [-0.25, -0.2) is 0 Å². The van der Waals surface area contributed by atoms with Crippen LogP contribution in [0, 0.1) is 13.8 Å². The molecule has 0 saturated heterocycles. The molecule has 0 amide bonds. The summed E-state index contributed by atoms with van der Waals surface area (Å²) in [5.41, 5.74) is 4.68. The van der Waals surface area contributed by atoms with Crippen molar-refractivity contribution in [2.45, 2.75) is 26.7 Å². The maximum absolute atomic E-state index is 11.4. The van der Waals surface area contributed by atoms with E-state index < -0.39 is 0 Å². The average Bonchev–Trinajstić information content (AvgIpc) is 2.59. The topological polar surface area (TPSA) is 17.1 Å². The van der Waals surface area contributed by atoms with Crippen molar-refractivity contribution >= 4 is 21.7 Å². The second-order valence-corrected chi connectivity index (χ2v) is 3.48. The van der Waals surface area contributed by atoms with E-state index >= 15 is 0 Å². The number of aryl methyl sites for hydroxylation is 2. The lowest BCUT2D eigenvalue weighted by Gasteiger charge is -2.04. The minimum Gasteiger partial charge on any atom is -0.294 e. The molecule has 0 saturated carbocycles. The van der Waals surface area contributed by atoms with Gasteiger partial charge in [-0.05, 0) is 42.8 Å². The van der Waals surface area contributed by atoms with Gasteiger partial charge in [-0.15, -0.1) is 0 Å². The highest BCUT2D eigenvalue weighted by molar-refractivity contribution is 9.08. The predicted octanol–water partition coefficient (Wildman–Crippen LogP) is 3.44. The number of Topliss-reactive ketones (excluding diaryl/α,β-unsaturated/α-hetero) is 1. The third-order valence-electron chi connectivity index (χ3n) is 2.64. The molecule has 1 aliphatic rings. The van der Waals surface area contributed by atoms with Crippen LogP contribution in [0.4, 0.5) is 0 Å². The first kappa shape index (κ1) is 11.4. The van der Waals surface area contributed by atoms with E-state index in [0.717, 1.165) is 17.5 Å². The highest BCUT2D eigenvalue weighted by Gasteiger charge is 2.22. The Kier molecular flexibility index (Phi) is 3.87. The summed E-state index contributed by atoms with van der Waals surface area (Å²) in [6.45, 7) is 4.10. The lowest BCUT2D eigenvalue weighted by Crippen LogP contribution is -1.96. The minimum atomic E-state index is 0.325. The van der Waals surface area contributed by atoms with Crippen LogP contribution < -0.4 is 0 Å². The summed E-state index contributed by atoms with van der Waals surface area (Å²) in [4.78, 5) is 11.4. The maximum Gasteiger partial charge on any atom is 0.163 e. The van der Waals surface area contributed by atoms with Crippen molar-refractivity contribution in [3.05, 3.63) is 34.4 Å². The first-order valence-corrected chi connectivity index (χ1v) is 6.29. The van der Waals surface area contributed by atoms with Crippen LogP contribution in [0.5, 0.6) is 0 Å². The number of hydrogen-bond donors (Lipinski definition) is 0. The number of ketones is 1. The van der Waals surface area contributed by atoms with Crippen LogP contribution in [-0.4, -0.2) is 11.6 Å². The van der Waals surface area contributed by atoms with Crippen molar-refractivity contribution in [1.82, 2.24) is 0 Å². The molecule has 0 spiro atoms. The third-order valence-corrected chi connectivity index (χ3v) is 2.64. The molecule has 1 aromatic rings. The molecule has 0 radical (unpaired) electrons. The Morgan fingerprint density at radius 3 is 2.21 bits per heavy atom. The molecule has 1 nitrogen and oxygen atoms in total. The summed E-state index contributed by atoms with van der Waals surface area (Å²) in [6, 6.07) is 4.14. The van der Waals surface area contributed by atoms with E-state index in [9.17, 15) is 4.79 Å². The van der Waals surface area contributed by atoms with Gasteiger partial charge in [0.1, 0.15) is 0 Å². The van der Waals surface area contributed by atoms with Gasteiger partial charge < -0.3 is 0 Å². The number of alkyl halides is 1. The average molecular weight is 255 g/mol. The molecule has 0 atom stereocenters. The predicted molar refractivity (Wildman–Crippen MR) is 63.4 cm³/mol. The van der Waals surface area contributed by atoms with Crippen molar-refractivity contribution < 1.29 is 4.79 Å². The van der Waals surface area contributed by atoms with Crippen LogP contribution >= 0.6 is 15.9 Å². The molecule has 14 heavy (non-hydrogen) atoms. The summed E-state index contributed by atoms with van der Waals surface area (Å²) < 4.78 is 0. The first-order valence-electron chi connectivity index (χ1n) is 4.70. The summed E-state index contributed by atoms with van der Waals surface area (Å²) >= 11 is 2.94. The van der Waals surface area contributed by atoms with Crippen molar-refractivity contribution in [2.75, 3.05) is 5.83 Å². The summed E-state index contributed by atoms with van der Waals surface area (Å²) in [7, 11) is 0. The van der Waals surface area contributed by atoms with Crippen LogP contribution in [-0.2, 0) is 6.42 Å². The van der Waals surface area contributed by atoms with Gasteiger partial charge in [0.15, 0.2) is 5.78 Å². The number of carbonyl (C=O) groups is 1. The van der Waals surface area contributed by atoms with Gasteiger partial charge in [-0.1, -0.05) is 28.1 Å². The molecule has 0 N–H and O–H groups in total. The highest BCUT2D eigenvalue weighted by atomic mass is 79.9. The summed E-state index contributed by atoms with van der Waals surface area (Å²) in [5.74, 6) is 2.14. The number of fused-ring (bicyclic) bond motifs is 1. The SMILES string of the molecule is CBr.Cc1ccc(C)c2c1CCC2=O. The molecule has 76 valence electrons. The van der Waals surface area contributed by atoms with Crippen LogP contribution in [0.3, 0.4) is 0 Å². The second-order valence-electron chi connectivity index (χ2n) is 3.48. The first-order chi connectivity index (χ1) is 6.70. The van der Waals surface area contributed by atoms with Crippen molar-refractivity contribution in [2.24, 2.45) is 0 Å². The highest BCUT2D eigenvalue weighted by Crippen LogP contribution is 2.27. The van der Waals surface area contributed by atoms with Gasteiger partial charge in [0, 0.05) is 12.0 Å². The van der Waals surface area contributed by atoms with Crippen LogP contribution in [0.25, 0.3) is 0 Å². The molecule has 1 aromatic carbocycles. The largest absolute Gasteiger partial charge is 0.294 e. The van der Waals surface area contributed by atoms with E-state index in [4.69, 9.17) is 0 Å². The monoisotopic (exact) mass is 254 g/mol. The van der Waals surface area contributed by atoms with E-state index in [1.54, 1.807) is 0 Å². The zero-order chi connectivity index (χ0) is 10.7. The third kappa shape index (κ3) is 1.90. The Balaban J connectivity index is 0.000000461. The molecule has 0 fully saturated rings. The molecule has 2 heteroatoms. The van der Waals surface area contributed by atoms with Crippen molar-refractivity contribution in [3.8, 4) is 0 Å². The Morgan fingerprint density at radius 2 is 1.64 bits per heavy atom. The van der Waals surface area contributed by atoms with Crippen molar-refractivity contribution in [3.63, 3.8) is 0 Å². The fraction of sp³-hybridized carbons (Fsp3) is 0.417. The minimum absolute atomic E-state index is 0.325. The van der Waals surface area contributed by atoms with Gasteiger partial charge in [-0.3, -0.25) is 4.79 Å². The Hall–Kier alpha value is -0.630. The quantitative estimate of drug-likeness (QED) is 0.649. The standard InChI is InChI=1S/C11H12O.CH3Br/c1-7-3-4-8(2)11-9(7)5-6-10(11)12;1-2/h3-4H,5-6H2,1-2H3;1H3. The van der Waals surface area contributed by atoms with Crippen LogP contribution in [0.15, 0.2) is 12.1 Å². The smallest absolute Gasteiger partial charge is 0.163 e. The molecule has 0 aliphatic heterocycles. The lowest BCUT2D eigenvalue weighted by molar-refractivity contribution is 0.0994. The van der Waals surface area contributed by atoms with Crippen LogP contribution in [0.1, 0.15) is 33.5 Å². The number of hydrogen-bond acceptors (Lipinski definition) is 1. The van der Waals surface area contributed by atoms with E-state index in [0.29, 0.717) is 12.2 Å².